The summed E-state index contributed by atoms with van der Waals surface area (Å²) < 4.78 is 17.1. The minimum Gasteiger partial charge on any atom is -0.493 e. The highest BCUT2D eigenvalue weighted by Crippen LogP contribution is 2.60. The van der Waals surface area contributed by atoms with Crippen LogP contribution >= 0.6 is 0 Å². The molecule has 2 N–H and O–H groups in total. The molecule has 2 heterocycles. The molecule has 3 aliphatic rings. The molecule has 0 amide bonds. The molecule has 1 unspecified atom stereocenters. The second kappa shape index (κ2) is 4.68. The second-order valence-corrected chi connectivity index (χ2v) is 6.11. The van der Waals surface area contributed by atoms with Crippen molar-refractivity contribution in [3.05, 3.63) is 23.3 Å². The van der Waals surface area contributed by atoms with Crippen molar-refractivity contribution in [2.45, 2.75) is 43.2 Å². The molecule has 22 heavy (non-hydrogen) atoms. The molecule has 1 saturated carbocycles. The molecule has 0 saturated heterocycles. The number of hydrogen-bond donors (Lipinski definition) is 2. The van der Waals surface area contributed by atoms with Crippen molar-refractivity contribution in [3.63, 3.8) is 0 Å². The summed E-state index contributed by atoms with van der Waals surface area (Å²) in [5, 5.41) is 19.9. The van der Waals surface area contributed by atoms with Crippen LogP contribution in [0.15, 0.2) is 12.1 Å². The molecule has 0 aromatic heterocycles. The minimum absolute atomic E-state index is 0.0416. The van der Waals surface area contributed by atoms with Gasteiger partial charge in [-0.15, -0.1) is 0 Å². The summed E-state index contributed by atoms with van der Waals surface area (Å²) in [6.07, 6.45) is -1.02. The van der Waals surface area contributed by atoms with E-state index in [1.54, 1.807) is 19.2 Å². The SMILES string of the molecule is COc1ccc2c3c1O[C@H]1CC(=O)C[C@H](OC2O)[C@@]31CCO. The van der Waals surface area contributed by atoms with Gasteiger partial charge in [-0.05, 0) is 18.6 Å². The Balaban J connectivity index is 1.99. The van der Waals surface area contributed by atoms with Crippen LogP contribution in [0, 0.1) is 0 Å². The summed E-state index contributed by atoms with van der Waals surface area (Å²) in [4.78, 5) is 12.0. The number of ketones is 1. The Labute approximate surface area is 127 Å². The Hall–Kier alpha value is -1.63. The van der Waals surface area contributed by atoms with Crippen molar-refractivity contribution in [1.29, 1.82) is 0 Å². The van der Waals surface area contributed by atoms with Gasteiger partial charge in [0.1, 0.15) is 11.9 Å². The number of rotatable bonds is 3. The third kappa shape index (κ3) is 1.57. The highest BCUT2D eigenvalue weighted by atomic mass is 16.6. The van der Waals surface area contributed by atoms with Gasteiger partial charge in [0.2, 0.25) is 0 Å². The van der Waals surface area contributed by atoms with Gasteiger partial charge < -0.3 is 24.4 Å². The summed E-state index contributed by atoms with van der Waals surface area (Å²) >= 11 is 0. The predicted octanol–water partition coefficient (Wildman–Crippen LogP) is 0.829. The lowest BCUT2D eigenvalue weighted by atomic mass is 9.62. The lowest BCUT2D eigenvalue weighted by molar-refractivity contribution is -0.195. The molecular weight excluding hydrogens is 288 g/mol. The molecule has 0 radical (unpaired) electrons. The average molecular weight is 306 g/mol. The molecule has 1 aromatic carbocycles. The van der Waals surface area contributed by atoms with Gasteiger partial charge in [-0.25, -0.2) is 0 Å². The first-order valence-corrected chi connectivity index (χ1v) is 7.46. The molecule has 4 atom stereocenters. The Morgan fingerprint density at radius 1 is 1.36 bits per heavy atom. The second-order valence-electron chi connectivity index (χ2n) is 6.11. The van der Waals surface area contributed by atoms with Gasteiger partial charge in [0.25, 0.3) is 0 Å². The number of benzene rings is 1. The molecule has 118 valence electrons. The van der Waals surface area contributed by atoms with E-state index in [1.807, 2.05) is 0 Å². The van der Waals surface area contributed by atoms with Crippen molar-refractivity contribution in [2.75, 3.05) is 13.7 Å². The number of hydrogen-bond acceptors (Lipinski definition) is 6. The summed E-state index contributed by atoms with van der Waals surface area (Å²) in [6.45, 7) is -0.0416. The van der Waals surface area contributed by atoms with Crippen LogP contribution < -0.4 is 9.47 Å². The largest absolute Gasteiger partial charge is 0.493 e. The van der Waals surface area contributed by atoms with Crippen molar-refractivity contribution in [2.24, 2.45) is 0 Å². The van der Waals surface area contributed by atoms with E-state index in [2.05, 4.69) is 0 Å². The van der Waals surface area contributed by atoms with Crippen LogP contribution in [0.1, 0.15) is 36.7 Å². The summed E-state index contributed by atoms with van der Waals surface area (Å²) in [5.74, 6) is 1.19. The van der Waals surface area contributed by atoms with E-state index >= 15 is 0 Å². The van der Waals surface area contributed by atoms with E-state index < -0.39 is 17.8 Å². The van der Waals surface area contributed by atoms with Gasteiger partial charge >= 0.3 is 0 Å². The number of ether oxygens (including phenoxy) is 3. The van der Waals surface area contributed by atoms with E-state index in [4.69, 9.17) is 14.2 Å². The fourth-order valence-corrected chi connectivity index (χ4v) is 4.25. The first-order chi connectivity index (χ1) is 10.6. The lowest BCUT2D eigenvalue weighted by Crippen LogP contribution is -2.57. The highest BCUT2D eigenvalue weighted by Gasteiger charge is 2.62. The zero-order valence-corrected chi connectivity index (χ0v) is 12.2. The molecule has 6 nitrogen and oxygen atoms in total. The standard InChI is InChI=1S/C16H18O6/c1-20-10-3-2-9-13-14(10)21-11-6-8(18)7-12(22-15(9)19)16(11,13)4-5-17/h2-3,11-12,15,17,19H,4-7H2,1H3/t11-,12-,15?,16-/m0/s1. The van der Waals surface area contributed by atoms with Gasteiger partial charge in [-0.3, -0.25) is 4.79 Å². The van der Waals surface area contributed by atoms with E-state index in [1.165, 1.54) is 0 Å². The molecule has 4 rings (SSSR count). The van der Waals surface area contributed by atoms with E-state index in [0.717, 1.165) is 5.56 Å². The Bertz CT molecular complexity index is 642. The number of aliphatic hydroxyl groups excluding tert-OH is 2. The number of carbonyl (C=O) groups is 1. The molecule has 2 aliphatic heterocycles. The molecule has 0 spiro atoms. The Kier molecular flexibility index (Phi) is 2.98. The predicted molar refractivity (Wildman–Crippen MR) is 74.9 cm³/mol. The fraction of sp³-hybridized carbons (Fsp3) is 0.562. The minimum atomic E-state index is -1.09. The Morgan fingerprint density at radius 2 is 2.14 bits per heavy atom. The van der Waals surface area contributed by atoms with E-state index in [0.29, 0.717) is 23.5 Å². The van der Waals surface area contributed by atoms with Crippen LogP contribution in [0.4, 0.5) is 0 Å². The lowest BCUT2D eigenvalue weighted by Gasteiger charge is -2.47. The highest BCUT2D eigenvalue weighted by molar-refractivity contribution is 5.82. The first-order valence-electron chi connectivity index (χ1n) is 7.46. The maximum Gasteiger partial charge on any atom is 0.181 e. The van der Waals surface area contributed by atoms with Crippen LogP contribution in [-0.2, 0) is 14.9 Å². The van der Waals surface area contributed by atoms with Crippen molar-refractivity contribution >= 4 is 5.78 Å². The van der Waals surface area contributed by atoms with Crippen molar-refractivity contribution < 1.29 is 29.2 Å². The van der Waals surface area contributed by atoms with Crippen LogP contribution in [0.2, 0.25) is 0 Å². The maximum absolute atomic E-state index is 12.0. The zero-order chi connectivity index (χ0) is 15.5. The average Bonchev–Trinajstić information content (AvgIpc) is 2.81. The van der Waals surface area contributed by atoms with Crippen LogP contribution in [-0.4, -0.2) is 41.9 Å². The van der Waals surface area contributed by atoms with Crippen LogP contribution in [0.3, 0.4) is 0 Å². The van der Waals surface area contributed by atoms with Crippen LogP contribution in [0.25, 0.3) is 0 Å². The van der Waals surface area contributed by atoms with Gasteiger partial charge in [-0.2, -0.15) is 0 Å². The fourth-order valence-electron chi connectivity index (χ4n) is 4.25. The monoisotopic (exact) mass is 306 g/mol. The first kappa shape index (κ1) is 14.0. The van der Waals surface area contributed by atoms with E-state index in [9.17, 15) is 15.0 Å². The van der Waals surface area contributed by atoms with Gasteiger partial charge in [0.05, 0.1) is 18.6 Å². The number of aliphatic hydroxyl groups is 2. The topological polar surface area (TPSA) is 85.2 Å². The van der Waals surface area contributed by atoms with Crippen molar-refractivity contribution in [1.82, 2.24) is 0 Å². The van der Waals surface area contributed by atoms with Crippen LogP contribution in [0.5, 0.6) is 11.5 Å². The van der Waals surface area contributed by atoms with E-state index in [-0.39, 0.29) is 31.3 Å². The molecule has 1 fully saturated rings. The quantitative estimate of drug-likeness (QED) is 0.860. The molecule has 6 heteroatoms. The van der Waals surface area contributed by atoms with Gasteiger partial charge in [0.15, 0.2) is 17.8 Å². The summed E-state index contributed by atoms with van der Waals surface area (Å²) in [6, 6.07) is 3.49. The van der Waals surface area contributed by atoms with Gasteiger partial charge in [-0.1, -0.05) is 0 Å². The number of Topliss-reactive ketones (excluding diaryl/α,β-unsaturated/α-hetero) is 1. The molecular formula is C16H18O6. The molecule has 1 aromatic rings. The van der Waals surface area contributed by atoms with Crippen molar-refractivity contribution in [3.8, 4) is 11.5 Å². The summed E-state index contributed by atoms with van der Waals surface area (Å²) in [7, 11) is 1.56. The molecule has 0 bridgehead atoms. The maximum atomic E-state index is 12.0. The molecule has 1 aliphatic carbocycles. The third-order valence-electron chi connectivity index (χ3n) is 5.16. The normalized spacial score (nSPS) is 35.0. The number of methoxy groups -OCH3 is 1. The third-order valence-corrected chi connectivity index (χ3v) is 5.16. The van der Waals surface area contributed by atoms with Gasteiger partial charge in [0, 0.05) is 30.6 Å². The Morgan fingerprint density at radius 3 is 2.86 bits per heavy atom. The summed E-state index contributed by atoms with van der Waals surface area (Å²) in [5.41, 5.74) is 0.876. The number of carbonyl (C=O) groups excluding carboxylic acids is 1. The zero-order valence-electron chi connectivity index (χ0n) is 12.2. The smallest absolute Gasteiger partial charge is 0.181 e.